The lowest BCUT2D eigenvalue weighted by Crippen LogP contribution is -2.43. The number of nitrogens with zero attached hydrogens (tertiary/aromatic N) is 5. The van der Waals surface area contributed by atoms with Crippen LogP contribution in [-0.4, -0.2) is 55.3 Å². The van der Waals surface area contributed by atoms with E-state index in [0.29, 0.717) is 35.6 Å². The van der Waals surface area contributed by atoms with Gasteiger partial charge in [-0.3, -0.25) is 4.79 Å². The Morgan fingerprint density at radius 1 is 1.12 bits per heavy atom. The van der Waals surface area contributed by atoms with Gasteiger partial charge in [-0.15, -0.1) is 0 Å². The first-order valence-corrected chi connectivity index (χ1v) is 13.2. The van der Waals surface area contributed by atoms with Gasteiger partial charge < -0.3 is 20.7 Å². The molecule has 1 aliphatic heterocycles. The minimum Gasteiger partial charge on any atom is -0.444 e. The smallest absolute Gasteiger partial charge is 0.410 e. The molecule has 0 bridgehead atoms. The van der Waals surface area contributed by atoms with Crippen LogP contribution in [0.5, 0.6) is 0 Å². The van der Waals surface area contributed by atoms with E-state index in [9.17, 15) is 14.0 Å². The van der Waals surface area contributed by atoms with Crippen molar-refractivity contribution in [1.29, 1.82) is 0 Å². The molecule has 11 heteroatoms. The molecule has 40 heavy (non-hydrogen) atoms. The van der Waals surface area contributed by atoms with Gasteiger partial charge in [0.2, 0.25) is 0 Å². The number of carbonyl (C=O) groups excluding carboxylic acids is 2. The predicted molar refractivity (Wildman–Crippen MR) is 149 cm³/mol. The van der Waals surface area contributed by atoms with Crippen molar-refractivity contribution in [3.63, 3.8) is 0 Å². The molecule has 0 aliphatic carbocycles. The second-order valence-electron chi connectivity index (χ2n) is 10.8. The molecule has 1 aliphatic rings. The van der Waals surface area contributed by atoms with Crippen molar-refractivity contribution in [2.45, 2.75) is 51.8 Å². The number of anilines is 1. The molecule has 10 nitrogen and oxygen atoms in total. The van der Waals surface area contributed by atoms with E-state index in [1.165, 1.54) is 18.5 Å². The van der Waals surface area contributed by atoms with Gasteiger partial charge in [-0.05, 0) is 51.3 Å². The van der Waals surface area contributed by atoms with Gasteiger partial charge in [0, 0.05) is 25.2 Å². The lowest BCUT2D eigenvalue weighted by atomic mass is 10.1. The third-order valence-electron chi connectivity index (χ3n) is 6.71. The molecule has 0 saturated carbocycles. The summed E-state index contributed by atoms with van der Waals surface area (Å²) in [5, 5.41) is 8.29. The van der Waals surface area contributed by atoms with Crippen molar-refractivity contribution in [3.05, 3.63) is 71.8 Å². The number of aromatic nitrogens is 4. The SMILES string of the molecule is CC(C)(C)OC(=O)N1CCC[C@@H](n2nc(-c3ccc(CNC(=O)c4ccccc4F)cc3)c3c(N)ncnc32)C1. The lowest BCUT2D eigenvalue weighted by molar-refractivity contribution is 0.0169. The minimum absolute atomic E-state index is 0.000415. The van der Waals surface area contributed by atoms with Crippen molar-refractivity contribution >= 4 is 28.9 Å². The number of nitrogens with two attached hydrogens (primary N) is 1. The zero-order valence-electron chi connectivity index (χ0n) is 22.7. The summed E-state index contributed by atoms with van der Waals surface area (Å²) in [6, 6.07) is 13.3. The third-order valence-corrected chi connectivity index (χ3v) is 6.71. The van der Waals surface area contributed by atoms with Crippen molar-refractivity contribution in [3.8, 4) is 11.3 Å². The molecule has 5 rings (SSSR count). The topological polar surface area (TPSA) is 128 Å². The summed E-state index contributed by atoms with van der Waals surface area (Å²) < 4.78 is 21.3. The van der Waals surface area contributed by atoms with E-state index >= 15 is 0 Å². The fourth-order valence-corrected chi connectivity index (χ4v) is 4.80. The monoisotopic (exact) mass is 545 g/mol. The number of halogens is 1. The van der Waals surface area contributed by atoms with Gasteiger partial charge in [0.15, 0.2) is 5.65 Å². The fraction of sp³-hybridized carbons (Fsp3) is 0.345. The number of nitrogens with one attached hydrogen (secondary N) is 1. The first-order chi connectivity index (χ1) is 19.1. The number of carbonyl (C=O) groups is 2. The lowest BCUT2D eigenvalue weighted by Gasteiger charge is -2.34. The maximum atomic E-state index is 13.9. The Morgan fingerprint density at radius 2 is 1.88 bits per heavy atom. The maximum Gasteiger partial charge on any atom is 0.410 e. The van der Waals surface area contributed by atoms with E-state index in [2.05, 4.69) is 15.3 Å². The van der Waals surface area contributed by atoms with Crippen LogP contribution < -0.4 is 11.1 Å². The van der Waals surface area contributed by atoms with Crippen LogP contribution in [0.1, 0.15) is 55.6 Å². The van der Waals surface area contributed by atoms with E-state index in [1.54, 1.807) is 17.0 Å². The second-order valence-corrected chi connectivity index (χ2v) is 10.8. The average Bonchev–Trinajstić information content (AvgIpc) is 3.32. The molecular weight excluding hydrogens is 513 g/mol. The Balaban J connectivity index is 1.37. The molecule has 3 N–H and O–H groups in total. The van der Waals surface area contributed by atoms with Gasteiger partial charge >= 0.3 is 6.09 Å². The molecule has 1 saturated heterocycles. The number of likely N-dealkylation sites (tertiary alicyclic amines) is 1. The van der Waals surface area contributed by atoms with Crippen molar-refractivity contribution in [1.82, 2.24) is 30.0 Å². The number of fused-ring (bicyclic) bond motifs is 1. The maximum absolute atomic E-state index is 13.9. The highest BCUT2D eigenvalue weighted by molar-refractivity contribution is 5.98. The Bertz CT molecular complexity index is 1550. The first kappa shape index (κ1) is 27.0. The summed E-state index contributed by atoms with van der Waals surface area (Å²) in [7, 11) is 0. The van der Waals surface area contributed by atoms with Crippen LogP contribution in [0.15, 0.2) is 54.9 Å². The van der Waals surface area contributed by atoms with Crippen molar-refractivity contribution in [2.24, 2.45) is 0 Å². The normalized spacial score (nSPS) is 15.7. The van der Waals surface area contributed by atoms with E-state index < -0.39 is 17.3 Å². The summed E-state index contributed by atoms with van der Waals surface area (Å²) in [5.74, 6) is -0.734. The number of benzene rings is 2. The molecule has 1 fully saturated rings. The van der Waals surface area contributed by atoms with Gasteiger partial charge in [0.1, 0.15) is 29.3 Å². The number of ether oxygens (including phenoxy) is 1. The van der Waals surface area contributed by atoms with Crippen LogP contribution in [-0.2, 0) is 11.3 Å². The van der Waals surface area contributed by atoms with Gasteiger partial charge in [-0.2, -0.15) is 5.10 Å². The van der Waals surface area contributed by atoms with Crippen LogP contribution in [0.3, 0.4) is 0 Å². The van der Waals surface area contributed by atoms with Crippen LogP contribution in [0.4, 0.5) is 15.0 Å². The molecule has 0 radical (unpaired) electrons. The number of piperidine rings is 1. The zero-order chi connectivity index (χ0) is 28.4. The molecule has 0 unspecified atom stereocenters. The average molecular weight is 546 g/mol. The number of amides is 2. The van der Waals surface area contributed by atoms with E-state index in [-0.39, 0.29) is 24.2 Å². The van der Waals surface area contributed by atoms with Crippen molar-refractivity contribution < 1.29 is 18.7 Å². The zero-order valence-corrected chi connectivity index (χ0v) is 22.7. The molecule has 2 aromatic carbocycles. The summed E-state index contributed by atoms with van der Waals surface area (Å²) in [6.07, 6.45) is 2.69. The number of hydrogen-bond acceptors (Lipinski definition) is 7. The highest BCUT2D eigenvalue weighted by Gasteiger charge is 2.31. The molecular formula is C29H32FN7O3. The number of rotatable bonds is 5. The third kappa shape index (κ3) is 5.73. The Kier molecular flexibility index (Phi) is 7.38. The highest BCUT2D eigenvalue weighted by Crippen LogP contribution is 2.34. The van der Waals surface area contributed by atoms with Crippen LogP contribution >= 0.6 is 0 Å². The molecule has 2 aromatic heterocycles. The van der Waals surface area contributed by atoms with E-state index in [4.69, 9.17) is 15.6 Å². The largest absolute Gasteiger partial charge is 0.444 e. The Hall–Kier alpha value is -4.54. The summed E-state index contributed by atoms with van der Waals surface area (Å²) >= 11 is 0. The van der Waals surface area contributed by atoms with Gasteiger partial charge in [0.05, 0.1) is 17.0 Å². The standard InChI is InChI=1S/C29H32FN7O3/c1-29(2,3)40-28(39)36-14-6-7-20(16-36)37-26-23(25(31)33-17-34-26)24(35-37)19-12-10-18(11-13-19)15-32-27(38)21-8-4-5-9-22(21)30/h4-5,8-13,17,20H,6-7,14-16H2,1-3H3,(H,32,38)(H2,31,33,34)/t20-/m1/s1. The molecule has 1 atom stereocenters. The molecule has 208 valence electrons. The minimum atomic E-state index is -0.579. The number of hydrogen-bond donors (Lipinski definition) is 2. The second kappa shape index (κ2) is 10.9. The fourth-order valence-electron chi connectivity index (χ4n) is 4.80. The summed E-state index contributed by atoms with van der Waals surface area (Å²) in [5.41, 5.74) is 8.57. The van der Waals surface area contributed by atoms with Crippen LogP contribution in [0.25, 0.3) is 22.3 Å². The van der Waals surface area contributed by atoms with Gasteiger partial charge in [-0.1, -0.05) is 36.4 Å². The van der Waals surface area contributed by atoms with Crippen molar-refractivity contribution in [2.75, 3.05) is 18.8 Å². The summed E-state index contributed by atoms with van der Waals surface area (Å²) in [4.78, 5) is 35.5. The molecule has 3 heterocycles. The van der Waals surface area contributed by atoms with Gasteiger partial charge in [-0.25, -0.2) is 23.8 Å². The first-order valence-electron chi connectivity index (χ1n) is 13.2. The van der Waals surface area contributed by atoms with Crippen LogP contribution in [0.2, 0.25) is 0 Å². The molecule has 4 aromatic rings. The molecule has 2 amide bonds. The Morgan fingerprint density at radius 3 is 2.60 bits per heavy atom. The van der Waals surface area contributed by atoms with E-state index in [0.717, 1.165) is 24.0 Å². The highest BCUT2D eigenvalue weighted by atomic mass is 19.1. The number of nitrogen functional groups attached to an aromatic ring is 1. The Labute approximate surface area is 231 Å². The quantitative estimate of drug-likeness (QED) is 0.371. The summed E-state index contributed by atoms with van der Waals surface area (Å²) in [6.45, 7) is 6.83. The molecule has 0 spiro atoms. The predicted octanol–water partition coefficient (Wildman–Crippen LogP) is 4.72. The van der Waals surface area contributed by atoms with Crippen LogP contribution in [0, 0.1) is 5.82 Å². The van der Waals surface area contributed by atoms with E-state index in [1.807, 2.05) is 49.7 Å². The van der Waals surface area contributed by atoms with Gasteiger partial charge in [0.25, 0.3) is 5.91 Å².